The number of imidazole rings is 1. The number of hydrogen-bond acceptors (Lipinski definition) is 3. The number of halogens is 1. The maximum Gasteiger partial charge on any atom is 1.00 e. The Balaban J connectivity index is 0.00000112. The molecule has 0 amide bonds. The van der Waals surface area contributed by atoms with Crippen molar-refractivity contribution >= 4 is 6.29 Å². The summed E-state index contributed by atoms with van der Waals surface area (Å²) in [6.45, 7) is 0. The molecule has 0 saturated carbocycles. The zero-order chi connectivity index (χ0) is 9.97. The third-order valence-corrected chi connectivity index (χ3v) is 1.81. The minimum absolute atomic E-state index is 0. The molecule has 0 aliphatic rings. The number of rotatable bonds is 2. The summed E-state index contributed by atoms with van der Waals surface area (Å²) in [6, 6.07) is 5.90. The van der Waals surface area contributed by atoms with Gasteiger partial charge < -0.3 is 14.8 Å². The molecule has 1 heterocycles. The smallest absolute Gasteiger partial charge is 0.870 e. The molecule has 2 rings (SSSR count). The van der Waals surface area contributed by atoms with Crippen molar-refractivity contribution in [1.29, 1.82) is 0 Å². The van der Waals surface area contributed by atoms with Crippen molar-refractivity contribution < 1.29 is 33.5 Å². The van der Waals surface area contributed by atoms with E-state index in [0.29, 0.717) is 0 Å². The topological polar surface area (TPSA) is 64.9 Å². The molecular formula is C10H7FLiN2O2-. The molecule has 2 aromatic rings. The van der Waals surface area contributed by atoms with E-state index >= 15 is 0 Å². The Bertz CT molecular complexity index is 456. The Morgan fingerprint density at radius 3 is 2.38 bits per heavy atom. The van der Waals surface area contributed by atoms with Gasteiger partial charge in [-0.25, -0.2) is 4.39 Å². The van der Waals surface area contributed by atoms with Crippen LogP contribution in [0.5, 0.6) is 0 Å². The number of hydrogen-bond donors (Lipinski definition) is 0. The standard InChI is InChI=1S/C10H6FN2O.Li.H2O/c11-8-1-3-10(4-2-8)13-5-9(6-14)12-7-13;;/h1-5,7H;;1H2/q-1;+1;/p-1. The van der Waals surface area contributed by atoms with Crippen molar-refractivity contribution in [3.8, 4) is 5.69 Å². The van der Waals surface area contributed by atoms with Crippen molar-refractivity contribution in [3.05, 3.63) is 48.3 Å². The SMILES string of the molecule is O=[C-]c1cn(-c2ccc(F)cc2)cn1.[Li+].[OH-]. The monoisotopic (exact) mass is 213 g/mol. The van der Waals surface area contributed by atoms with Gasteiger partial charge >= 0.3 is 18.9 Å². The zero-order valence-electron chi connectivity index (χ0n) is 8.59. The third kappa shape index (κ3) is 3.04. The van der Waals surface area contributed by atoms with Crippen LogP contribution >= 0.6 is 0 Å². The number of nitrogens with zero attached hydrogens (tertiary/aromatic N) is 2. The molecule has 0 fully saturated rings. The van der Waals surface area contributed by atoms with Crippen LogP contribution in [0.15, 0.2) is 36.8 Å². The van der Waals surface area contributed by atoms with Gasteiger partial charge in [0.1, 0.15) is 5.82 Å². The fourth-order valence-corrected chi connectivity index (χ4v) is 1.13. The molecule has 0 atom stereocenters. The van der Waals surface area contributed by atoms with Crippen LogP contribution in [0.4, 0.5) is 4.39 Å². The zero-order valence-corrected chi connectivity index (χ0v) is 8.59. The molecule has 0 saturated heterocycles. The number of aromatic nitrogens is 2. The molecule has 0 radical (unpaired) electrons. The van der Waals surface area contributed by atoms with Gasteiger partial charge in [-0.1, -0.05) is 0 Å². The summed E-state index contributed by atoms with van der Waals surface area (Å²) in [5.41, 5.74) is 0.981. The molecule has 1 aromatic carbocycles. The van der Waals surface area contributed by atoms with Crippen LogP contribution in [0.3, 0.4) is 0 Å². The van der Waals surface area contributed by atoms with Gasteiger partial charge in [0.15, 0.2) is 0 Å². The molecule has 4 nitrogen and oxygen atoms in total. The van der Waals surface area contributed by atoms with Crippen LogP contribution in [0.25, 0.3) is 5.69 Å². The van der Waals surface area contributed by atoms with Gasteiger partial charge in [0.05, 0.1) is 6.33 Å². The van der Waals surface area contributed by atoms with Crippen molar-refractivity contribution in [3.63, 3.8) is 0 Å². The minimum Gasteiger partial charge on any atom is -0.870 e. The second kappa shape index (κ2) is 6.23. The summed E-state index contributed by atoms with van der Waals surface area (Å²) in [5, 5.41) is 0. The summed E-state index contributed by atoms with van der Waals surface area (Å²) in [4.78, 5) is 14.0. The van der Waals surface area contributed by atoms with E-state index in [2.05, 4.69) is 4.98 Å². The van der Waals surface area contributed by atoms with Gasteiger partial charge in [-0.3, -0.25) is 4.98 Å². The molecule has 0 aliphatic heterocycles. The van der Waals surface area contributed by atoms with Gasteiger partial charge in [-0.2, -0.15) is 0 Å². The van der Waals surface area contributed by atoms with Crippen molar-refractivity contribution in [1.82, 2.24) is 9.55 Å². The number of benzene rings is 1. The summed E-state index contributed by atoms with van der Waals surface area (Å²) < 4.78 is 14.2. The molecule has 0 aliphatic carbocycles. The summed E-state index contributed by atoms with van der Waals surface area (Å²) in [7, 11) is 0. The summed E-state index contributed by atoms with van der Waals surface area (Å²) >= 11 is 0. The van der Waals surface area contributed by atoms with Crippen LogP contribution in [0.2, 0.25) is 0 Å². The van der Waals surface area contributed by atoms with Crippen LogP contribution in [0.1, 0.15) is 5.69 Å². The Hall–Kier alpha value is -1.41. The van der Waals surface area contributed by atoms with Gasteiger partial charge in [-0.05, 0) is 30.0 Å². The van der Waals surface area contributed by atoms with E-state index in [-0.39, 0.29) is 35.8 Å². The van der Waals surface area contributed by atoms with Crippen molar-refractivity contribution in [2.45, 2.75) is 0 Å². The molecule has 16 heavy (non-hydrogen) atoms. The van der Waals surface area contributed by atoms with Crippen LogP contribution < -0.4 is 18.9 Å². The Morgan fingerprint density at radius 2 is 1.88 bits per heavy atom. The van der Waals surface area contributed by atoms with Gasteiger partial charge in [0.25, 0.3) is 0 Å². The first kappa shape index (κ1) is 14.6. The van der Waals surface area contributed by atoms with Crippen LogP contribution in [-0.2, 0) is 4.79 Å². The maximum absolute atomic E-state index is 12.6. The van der Waals surface area contributed by atoms with Gasteiger partial charge in [0, 0.05) is 12.0 Å². The summed E-state index contributed by atoms with van der Waals surface area (Å²) in [6.07, 6.45) is 4.68. The van der Waals surface area contributed by atoms with Crippen molar-refractivity contribution in [2.24, 2.45) is 0 Å². The summed E-state index contributed by atoms with van der Waals surface area (Å²) in [5.74, 6) is -0.295. The van der Waals surface area contributed by atoms with Crippen LogP contribution in [-0.4, -0.2) is 21.3 Å². The van der Waals surface area contributed by atoms with E-state index in [4.69, 9.17) is 0 Å². The largest absolute Gasteiger partial charge is 1.00 e. The van der Waals surface area contributed by atoms with Crippen LogP contribution in [0, 0.1) is 5.82 Å². The van der Waals surface area contributed by atoms with E-state index in [1.54, 1.807) is 23.0 Å². The number of carbonyl (C=O) groups excluding carboxylic acids is 1. The van der Waals surface area contributed by atoms with E-state index < -0.39 is 0 Å². The molecule has 6 heteroatoms. The van der Waals surface area contributed by atoms with E-state index in [0.717, 1.165) is 5.69 Å². The minimum atomic E-state index is -0.295. The molecule has 0 bridgehead atoms. The van der Waals surface area contributed by atoms with E-state index in [1.165, 1.54) is 24.7 Å². The quantitative estimate of drug-likeness (QED) is 0.441. The second-order valence-electron chi connectivity index (χ2n) is 2.74. The molecular weight excluding hydrogens is 206 g/mol. The average Bonchev–Trinajstić information content (AvgIpc) is 2.67. The molecule has 0 unspecified atom stereocenters. The fourth-order valence-electron chi connectivity index (χ4n) is 1.13. The third-order valence-electron chi connectivity index (χ3n) is 1.81. The Morgan fingerprint density at radius 1 is 1.25 bits per heavy atom. The Labute approximate surface area is 104 Å². The van der Waals surface area contributed by atoms with Gasteiger partial charge in [-0.15, -0.1) is 6.20 Å². The Kier molecular flexibility index (Phi) is 5.68. The first-order valence-electron chi connectivity index (χ1n) is 3.97. The molecule has 78 valence electrons. The van der Waals surface area contributed by atoms with E-state index in [9.17, 15) is 9.18 Å². The first-order valence-corrected chi connectivity index (χ1v) is 3.97. The molecule has 1 N–H and O–H groups in total. The predicted molar refractivity (Wildman–Crippen MR) is 50.3 cm³/mol. The second-order valence-corrected chi connectivity index (χ2v) is 2.74. The normalized spacial score (nSPS) is 8.81. The first-order chi connectivity index (χ1) is 6.79. The van der Waals surface area contributed by atoms with Crippen molar-refractivity contribution in [2.75, 3.05) is 0 Å². The maximum atomic E-state index is 12.6. The molecule has 1 aromatic heterocycles. The molecule has 0 spiro atoms. The predicted octanol–water partition coefficient (Wildman–Crippen LogP) is -1.70. The van der Waals surface area contributed by atoms with E-state index in [1.807, 2.05) is 0 Å². The fraction of sp³-hybridized carbons (Fsp3) is 0. The average molecular weight is 213 g/mol. The van der Waals surface area contributed by atoms with Gasteiger partial charge in [0.2, 0.25) is 0 Å².